The summed E-state index contributed by atoms with van der Waals surface area (Å²) >= 11 is 5.87. The smallest absolute Gasteiger partial charge is 0.345 e. The maximum atomic E-state index is 13.4. The Morgan fingerprint density at radius 2 is 1.70 bits per heavy atom. The molecule has 0 saturated carbocycles. The molecule has 0 radical (unpaired) electrons. The van der Waals surface area contributed by atoms with Gasteiger partial charge in [-0.2, -0.15) is 13.2 Å². The number of hydrogen-bond donors (Lipinski definition) is 2. The van der Waals surface area contributed by atoms with E-state index in [0.29, 0.717) is 16.0 Å². The predicted molar refractivity (Wildman–Crippen MR) is 151 cm³/mol. The highest BCUT2D eigenvalue weighted by Crippen LogP contribution is 2.32. The Kier molecular flexibility index (Phi) is 8.19. The minimum atomic E-state index is -4.68. The van der Waals surface area contributed by atoms with E-state index in [0.717, 1.165) is 38.6 Å². The summed E-state index contributed by atoms with van der Waals surface area (Å²) in [6, 6.07) is 19.3. The maximum Gasteiger partial charge on any atom is 0.417 e. The van der Waals surface area contributed by atoms with Gasteiger partial charge >= 0.3 is 6.18 Å². The second kappa shape index (κ2) is 11.8. The molecule has 0 saturated heterocycles. The zero-order valence-corrected chi connectivity index (χ0v) is 23.5. The lowest BCUT2D eigenvalue weighted by atomic mass is 10.1. The fraction of sp³-hybridized carbons (Fsp3) is 0.115. The number of halogens is 4. The predicted octanol–water partition coefficient (Wildman–Crippen LogP) is 6.32. The van der Waals surface area contributed by atoms with Gasteiger partial charge in [-0.25, -0.2) is 4.98 Å². The molecule has 0 bridgehead atoms. The molecule has 8 nitrogen and oxygen atoms in total. The molecular weight excluding hydrogens is 629 g/mol. The highest BCUT2D eigenvalue weighted by molar-refractivity contribution is 9.10. The van der Waals surface area contributed by atoms with E-state index in [9.17, 15) is 22.8 Å². The van der Waals surface area contributed by atoms with Crippen LogP contribution in [0.2, 0.25) is 0 Å². The monoisotopic (exact) mass is 646 g/mol. The first-order valence-electron chi connectivity index (χ1n) is 11.6. The molecule has 0 aliphatic carbocycles. The molecule has 40 heavy (non-hydrogen) atoms. The molecule has 2 amide bonds. The summed E-state index contributed by atoms with van der Waals surface area (Å²) in [6.45, 7) is -0.202. The third kappa shape index (κ3) is 6.35. The summed E-state index contributed by atoms with van der Waals surface area (Å²) in [5.41, 5.74) is -0.0970. The number of anilines is 1. The van der Waals surface area contributed by atoms with Crippen molar-refractivity contribution >= 4 is 66.2 Å². The number of hydrogen-bond acceptors (Lipinski definition) is 7. The minimum Gasteiger partial charge on any atom is -0.345 e. The summed E-state index contributed by atoms with van der Waals surface area (Å²) in [7, 11) is 0. The number of benzene rings is 3. The van der Waals surface area contributed by atoms with Gasteiger partial charge in [0.15, 0.2) is 16.1 Å². The van der Waals surface area contributed by atoms with Crippen molar-refractivity contribution in [1.29, 1.82) is 0 Å². The van der Waals surface area contributed by atoms with Gasteiger partial charge in [0.25, 0.3) is 5.91 Å². The zero-order chi connectivity index (χ0) is 28.3. The molecule has 14 heteroatoms. The number of aromatic nitrogens is 4. The second-order valence-corrected chi connectivity index (χ2v) is 11.1. The first kappa shape index (κ1) is 27.8. The van der Waals surface area contributed by atoms with E-state index >= 15 is 0 Å². The Labute approximate surface area is 242 Å². The highest BCUT2D eigenvalue weighted by Gasteiger charge is 2.34. The van der Waals surface area contributed by atoms with Crippen LogP contribution in [0.3, 0.4) is 0 Å². The third-order valence-electron chi connectivity index (χ3n) is 5.54. The summed E-state index contributed by atoms with van der Waals surface area (Å²) < 4.78 is 43.6. The van der Waals surface area contributed by atoms with E-state index in [2.05, 4.69) is 41.7 Å². The van der Waals surface area contributed by atoms with Crippen molar-refractivity contribution in [3.8, 4) is 5.69 Å². The lowest BCUT2D eigenvalue weighted by Crippen LogP contribution is -2.27. The number of nitrogens with one attached hydrogen (secondary N) is 2. The van der Waals surface area contributed by atoms with E-state index in [-0.39, 0.29) is 24.0 Å². The molecule has 0 fully saturated rings. The van der Waals surface area contributed by atoms with Crippen LogP contribution in [0, 0.1) is 0 Å². The molecule has 0 aliphatic heterocycles. The van der Waals surface area contributed by atoms with Crippen LogP contribution in [0.1, 0.15) is 21.7 Å². The topological polar surface area (TPSA) is 102 Å². The Morgan fingerprint density at radius 1 is 0.975 bits per heavy atom. The van der Waals surface area contributed by atoms with Crippen LogP contribution in [0.25, 0.3) is 15.9 Å². The van der Waals surface area contributed by atoms with E-state index in [4.69, 9.17) is 0 Å². The third-order valence-corrected chi connectivity index (χ3v) is 7.95. The standard InChI is InChI=1S/C26H18BrF3N6O2S2/c27-15-9-11-16(12-10-15)36-21(13-31-23(38)17-5-1-2-6-18(17)26(28,29)30)34-35-25(36)39-14-22(37)33-24-32-19-7-3-4-8-20(19)40-24/h1-12H,13-14H2,(H,31,38)(H,32,33,37). The number of thiazole rings is 1. The molecule has 2 aromatic heterocycles. The molecule has 3 aromatic carbocycles. The van der Waals surface area contributed by atoms with Crippen LogP contribution in [-0.4, -0.2) is 37.3 Å². The number of rotatable bonds is 8. The van der Waals surface area contributed by atoms with Crippen LogP contribution in [0.5, 0.6) is 0 Å². The fourth-order valence-corrected chi connectivity index (χ4v) is 5.67. The summed E-state index contributed by atoms with van der Waals surface area (Å²) in [6.07, 6.45) is -4.68. The molecule has 0 spiro atoms. The lowest BCUT2D eigenvalue weighted by molar-refractivity contribution is -0.138. The zero-order valence-electron chi connectivity index (χ0n) is 20.3. The number of para-hydroxylation sites is 1. The average Bonchev–Trinajstić information content (AvgIpc) is 3.53. The van der Waals surface area contributed by atoms with Crippen molar-refractivity contribution in [3.63, 3.8) is 0 Å². The van der Waals surface area contributed by atoms with Gasteiger partial charge in [-0.05, 0) is 48.5 Å². The second-order valence-electron chi connectivity index (χ2n) is 8.26. The number of nitrogens with zero attached hydrogens (tertiary/aromatic N) is 4. The van der Waals surface area contributed by atoms with Crippen molar-refractivity contribution in [2.24, 2.45) is 0 Å². The van der Waals surface area contributed by atoms with Gasteiger partial charge in [-0.3, -0.25) is 14.2 Å². The quantitative estimate of drug-likeness (QED) is 0.191. The highest BCUT2D eigenvalue weighted by atomic mass is 79.9. The first-order chi connectivity index (χ1) is 19.2. The summed E-state index contributed by atoms with van der Waals surface area (Å²) in [5, 5.41) is 14.5. The number of alkyl halides is 3. The van der Waals surface area contributed by atoms with E-state index in [1.54, 1.807) is 28.8 Å². The minimum absolute atomic E-state index is 0.00406. The molecule has 204 valence electrons. The van der Waals surface area contributed by atoms with Crippen molar-refractivity contribution in [3.05, 3.63) is 94.2 Å². The normalized spacial score (nSPS) is 11.5. The molecule has 0 atom stereocenters. The number of carbonyl (C=O) groups is 2. The van der Waals surface area contributed by atoms with Crippen LogP contribution >= 0.6 is 39.0 Å². The van der Waals surface area contributed by atoms with Crippen LogP contribution in [0.15, 0.2) is 82.4 Å². The van der Waals surface area contributed by atoms with Gasteiger partial charge in [0.05, 0.1) is 33.6 Å². The number of fused-ring (bicyclic) bond motifs is 1. The van der Waals surface area contributed by atoms with Crippen molar-refractivity contribution in [2.45, 2.75) is 17.9 Å². The fourth-order valence-electron chi connectivity index (χ4n) is 3.75. The van der Waals surface area contributed by atoms with Crippen molar-refractivity contribution < 1.29 is 22.8 Å². The maximum absolute atomic E-state index is 13.4. The number of carbonyl (C=O) groups excluding carboxylic acids is 2. The van der Waals surface area contributed by atoms with Gasteiger partial charge in [0.1, 0.15) is 0 Å². The lowest BCUT2D eigenvalue weighted by Gasteiger charge is -2.13. The van der Waals surface area contributed by atoms with Crippen LogP contribution in [0.4, 0.5) is 18.3 Å². The molecule has 0 unspecified atom stereocenters. The average molecular weight is 648 g/mol. The number of amides is 2. The van der Waals surface area contributed by atoms with Gasteiger partial charge in [-0.1, -0.05) is 63.3 Å². The van der Waals surface area contributed by atoms with Gasteiger partial charge < -0.3 is 10.6 Å². The summed E-state index contributed by atoms with van der Waals surface area (Å²) in [4.78, 5) is 29.8. The molecule has 5 rings (SSSR count). The molecule has 2 N–H and O–H groups in total. The van der Waals surface area contributed by atoms with Crippen LogP contribution < -0.4 is 10.6 Å². The Morgan fingerprint density at radius 3 is 2.45 bits per heavy atom. The van der Waals surface area contributed by atoms with E-state index in [1.165, 1.54) is 23.5 Å². The largest absolute Gasteiger partial charge is 0.417 e. The Bertz CT molecular complexity index is 1660. The van der Waals surface area contributed by atoms with Gasteiger partial charge in [0.2, 0.25) is 5.91 Å². The van der Waals surface area contributed by atoms with Gasteiger partial charge in [-0.15, -0.1) is 10.2 Å². The van der Waals surface area contributed by atoms with Crippen LogP contribution in [-0.2, 0) is 17.5 Å². The van der Waals surface area contributed by atoms with E-state index < -0.39 is 23.2 Å². The SMILES string of the molecule is O=C(CSc1nnc(CNC(=O)c2ccccc2C(F)(F)F)n1-c1ccc(Br)cc1)Nc1nc2ccccc2s1. The Balaban J connectivity index is 1.33. The van der Waals surface area contributed by atoms with Crippen molar-refractivity contribution in [2.75, 3.05) is 11.1 Å². The van der Waals surface area contributed by atoms with Gasteiger partial charge in [0, 0.05) is 10.2 Å². The first-order valence-corrected chi connectivity index (χ1v) is 14.2. The van der Waals surface area contributed by atoms with E-state index in [1.807, 2.05) is 24.3 Å². The molecular formula is C26H18BrF3N6O2S2. The number of thioether (sulfide) groups is 1. The molecule has 5 aromatic rings. The molecule has 0 aliphatic rings. The summed E-state index contributed by atoms with van der Waals surface area (Å²) in [5.74, 6) is -0.930. The molecule has 2 heterocycles. The Hall–Kier alpha value is -3.75. The van der Waals surface area contributed by atoms with Crippen molar-refractivity contribution in [1.82, 2.24) is 25.1 Å².